The fourth-order valence-corrected chi connectivity index (χ4v) is 2.54. The van der Waals surface area contributed by atoms with Crippen LogP contribution in [0.1, 0.15) is 64.2 Å². The highest BCUT2D eigenvalue weighted by molar-refractivity contribution is 9.10. The zero-order valence-electron chi connectivity index (χ0n) is 10.9. The third-order valence-electron chi connectivity index (χ3n) is 2.90. The quantitative estimate of drug-likeness (QED) is 0.461. The van der Waals surface area contributed by atoms with Crippen molar-refractivity contribution in [3.8, 4) is 0 Å². The van der Waals surface area contributed by atoms with Gasteiger partial charge in [-0.1, -0.05) is 26.2 Å². The van der Waals surface area contributed by atoms with E-state index in [1.54, 1.807) is 0 Å². The van der Waals surface area contributed by atoms with E-state index in [0.717, 1.165) is 16.6 Å². The van der Waals surface area contributed by atoms with Crippen LogP contribution in [0.15, 0.2) is 10.7 Å². The van der Waals surface area contributed by atoms with Gasteiger partial charge in [-0.15, -0.1) is 0 Å². The van der Waals surface area contributed by atoms with Gasteiger partial charge in [0.1, 0.15) is 0 Å². The minimum Gasteiger partial charge on any atom is -0.271 e. The van der Waals surface area contributed by atoms with Crippen LogP contribution < -0.4 is 11.3 Å². The number of hydrazine groups is 1. The van der Waals surface area contributed by atoms with Gasteiger partial charge < -0.3 is 0 Å². The number of aromatic nitrogens is 2. The molecule has 0 saturated heterocycles. The second-order valence-corrected chi connectivity index (χ2v) is 5.49. The molecule has 1 atom stereocenters. The van der Waals surface area contributed by atoms with E-state index >= 15 is 0 Å². The van der Waals surface area contributed by atoms with Crippen LogP contribution in [0.2, 0.25) is 0 Å². The van der Waals surface area contributed by atoms with Crippen LogP contribution in [0.5, 0.6) is 0 Å². The Morgan fingerprint density at radius 1 is 1.47 bits per heavy atom. The summed E-state index contributed by atoms with van der Waals surface area (Å²) >= 11 is 3.56. The Morgan fingerprint density at radius 3 is 2.71 bits per heavy atom. The van der Waals surface area contributed by atoms with Crippen molar-refractivity contribution in [1.29, 1.82) is 0 Å². The lowest BCUT2D eigenvalue weighted by molar-refractivity contribution is 0.420. The van der Waals surface area contributed by atoms with E-state index in [1.165, 1.54) is 19.3 Å². The number of rotatable bonds is 7. The maximum absolute atomic E-state index is 5.67. The van der Waals surface area contributed by atoms with Gasteiger partial charge in [0.05, 0.1) is 22.4 Å². The monoisotopic (exact) mass is 302 g/mol. The molecule has 5 heteroatoms. The number of nitrogens with zero attached hydrogens (tertiary/aromatic N) is 2. The fourth-order valence-electron chi connectivity index (χ4n) is 1.99. The second-order valence-electron chi connectivity index (χ2n) is 4.63. The largest absolute Gasteiger partial charge is 0.271 e. The summed E-state index contributed by atoms with van der Waals surface area (Å²) in [6, 6.07) is 0.513. The maximum atomic E-state index is 5.67. The second kappa shape index (κ2) is 7.13. The molecule has 0 aliphatic carbocycles. The fraction of sp³-hybridized carbons (Fsp3) is 0.750. The molecule has 0 radical (unpaired) electrons. The topological polar surface area (TPSA) is 55.9 Å². The predicted molar refractivity (Wildman–Crippen MR) is 74.5 cm³/mol. The van der Waals surface area contributed by atoms with Gasteiger partial charge in [-0.3, -0.25) is 16.0 Å². The standard InChI is InChI=1S/C12H23BrN4/c1-4-5-6-7-11(16-14)12-10(13)8-15-17(12)9(2)3/h8-9,11,16H,4-7,14H2,1-3H3. The zero-order chi connectivity index (χ0) is 12.8. The van der Waals surface area contributed by atoms with E-state index in [0.29, 0.717) is 6.04 Å². The average molecular weight is 303 g/mol. The number of unbranched alkanes of at least 4 members (excludes halogenated alkanes) is 2. The van der Waals surface area contributed by atoms with Crippen molar-refractivity contribution >= 4 is 15.9 Å². The van der Waals surface area contributed by atoms with E-state index in [-0.39, 0.29) is 6.04 Å². The van der Waals surface area contributed by atoms with Crippen LogP contribution >= 0.6 is 15.9 Å². The van der Waals surface area contributed by atoms with E-state index in [9.17, 15) is 0 Å². The highest BCUT2D eigenvalue weighted by Gasteiger charge is 2.19. The average Bonchev–Trinajstić information content (AvgIpc) is 2.67. The Bertz CT molecular complexity index is 335. The van der Waals surface area contributed by atoms with Crippen molar-refractivity contribution in [1.82, 2.24) is 15.2 Å². The van der Waals surface area contributed by atoms with Crippen LogP contribution in [0.3, 0.4) is 0 Å². The van der Waals surface area contributed by atoms with Crippen LogP contribution in [0, 0.1) is 0 Å². The Labute approximate surface area is 112 Å². The van der Waals surface area contributed by atoms with Gasteiger partial charge in [0.2, 0.25) is 0 Å². The molecule has 0 aliphatic heterocycles. The molecule has 1 rings (SSSR count). The lowest BCUT2D eigenvalue weighted by atomic mass is 10.1. The van der Waals surface area contributed by atoms with Gasteiger partial charge in [0.15, 0.2) is 0 Å². The molecule has 0 fully saturated rings. The lowest BCUT2D eigenvalue weighted by Gasteiger charge is -2.20. The minimum atomic E-state index is 0.167. The van der Waals surface area contributed by atoms with Gasteiger partial charge >= 0.3 is 0 Å². The third kappa shape index (κ3) is 3.79. The summed E-state index contributed by atoms with van der Waals surface area (Å²) in [7, 11) is 0. The molecule has 1 unspecified atom stereocenters. The summed E-state index contributed by atoms with van der Waals surface area (Å²) in [4.78, 5) is 0. The van der Waals surface area contributed by atoms with Crippen LogP contribution in [-0.2, 0) is 0 Å². The third-order valence-corrected chi connectivity index (χ3v) is 3.51. The van der Waals surface area contributed by atoms with Gasteiger partial charge in [-0.2, -0.15) is 5.10 Å². The first-order valence-electron chi connectivity index (χ1n) is 6.30. The lowest BCUT2D eigenvalue weighted by Crippen LogP contribution is -2.30. The first-order valence-corrected chi connectivity index (χ1v) is 7.10. The summed E-state index contributed by atoms with van der Waals surface area (Å²) in [6.07, 6.45) is 6.54. The van der Waals surface area contributed by atoms with E-state index in [4.69, 9.17) is 5.84 Å². The molecule has 1 heterocycles. The highest BCUT2D eigenvalue weighted by Crippen LogP contribution is 2.28. The summed E-state index contributed by atoms with van der Waals surface area (Å²) in [5, 5.41) is 4.39. The van der Waals surface area contributed by atoms with Gasteiger partial charge in [-0.05, 0) is 36.2 Å². The van der Waals surface area contributed by atoms with Crippen molar-refractivity contribution in [3.05, 3.63) is 16.4 Å². The van der Waals surface area contributed by atoms with E-state index < -0.39 is 0 Å². The Kier molecular flexibility index (Phi) is 6.16. The number of nitrogens with two attached hydrogens (primary N) is 1. The summed E-state index contributed by atoms with van der Waals surface area (Å²) in [5.41, 5.74) is 4.06. The number of nitrogens with one attached hydrogen (secondary N) is 1. The number of halogens is 1. The van der Waals surface area contributed by atoms with Crippen molar-refractivity contribution in [2.75, 3.05) is 0 Å². The van der Waals surface area contributed by atoms with Crippen molar-refractivity contribution in [2.24, 2.45) is 5.84 Å². The smallest absolute Gasteiger partial charge is 0.0712 e. The molecule has 4 nitrogen and oxygen atoms in total. The Hall–Kier alpha value is -0.390. The zero-order valence-corrected chi connectivity index (χ0v) is 12.5. The summed E-state index contributed by atoms with van der Waals surface area (Å²) in [6.45, 7) is 6.46. The minimum absolute atomic E-state index is 0.167. The molecule has 0 aliphatic rings. The molecule has 98 valence electrons. The van der Waals surface area contributed by atoms with Crippen molar-refractivity contribution < 1.29 is 0 Å². The van der Waals surface area contributed by atoms with Crippen molar-refractivity contribution in [2.45, 2.75) is 58.5 Å². The van der Waals surface area contributed by atoms with Crippen LogP contribution in [0.4, 0.5) is 0 Å². The summed E-state index contributed by atoms with van der Waals surface area (Å²) in [5.74, 6) is 5.67. The first-order chi connectivity index (χ1) is 8.11. The van der Waals surface area contributed by atoms with Gasteiger partial charge in [0.25, 0.3) is 0 Å². The molecule has 0 aromatic carbocycles. The number of hydrogen-bond donors (Lipinski definition) is 2. The van der Waals surface area contributed by atoms with E-state index in [2.05, 4.69) is 47.2 Å². The molecule has 3 N–H and O–H groups in total. The van der Waals surface area contributed by atoms with Crippen LogP contribution in [0.25, 0.3) is 0 Å². The molecule has 1 aromatic rings. The predicted octanol–water partition coefficient (Wildman–Crippen LogP) is 3.31. The normalized spacial score (nSPS) is 13.3. The van der Waals surface area contributed by atoms with E-state index in [1.807, 2.05) is 10.9 Å². The molecular formula is C12H23BrN4. The summed E-state index contributed by atoms with van der Waals surface area (Å²) < 4.78 is 3.06. The molecule has 1 aromatic heterocycles. The molecule has 0 saturated carbocycles. The molecule has 0 spiro atoms. The van der Waals surface area contributed by atoms with Gasteiger partial charge in [-0.25, -0.2) is 0 Å². The number of hydrogen-bond acceptors (Lipinski definition) is 3. The van der Waals surface area contributed by atoms with Crippen LogP contribution in [-0.4, -0.2) is 9.78 Å². The van der Waals surface area contributed by atoms with Crippen molar-refractivity contribution in [3.63, 3.8) is 0 Å². The Morgan fingerprint density at radius 2 is 2.18 bits per heavy atom. The Balaban J connectivity index is 2.82. The highest BCUT2D eigenvalue weighted by atomic mass is 79.9. The SMILES string of the molecule is CCCCCC(NN)c1c(Br)cnn1C(C)C. The first kappa shape index (κ1) is 14.7. The maximum Gasteiger partial charge on any atom is 0.0712 e. The molecular weight excluding hydrogens is 280 g/mol. The van der Waals surface area contributed by atoms with Gasteiger partial charge in [0, 0.05) is 6.04 Å². The molecule has 0 amide bonds. The molecule has 17 heavy (non-hydrogen) atoms. The molecule has 0 bridgehead atoms.